The van der Waals surface area contributed by atoms with Gasteiger partial charge in [0.05, 0.1) is 12.7 Å². The Labute approximate surface area is 102 Å². The SMILES string of the molecule is COc1ncnc(NCC2CCNCC2)c1C. The van der Waals surface area contributed by atoms with Gasteiger partial charge in [0.2, 0.25) is 5.88 Å². The van der Waals surface area contributed by atoms with Gasteiger partial charge < -0.3 is 15.4 Å². The molecular weight excluding hydrogens is 216 g/mol. The van der Waals surface area contributed by atoms with Gasteiger partial charge in [-0.2, -0.15) is 0 Å². The van der Waals surface area contributed by atoms with E-state index < -0.39 is 0 Å². The zero-order valence-electron chi connectivity index (χ0n) is 10.5. The van der Waals surface area contributed by atoms with Gasteiger partial charge in [0, 0.05) is 6.54 Å². The topological polar surface area (TPSA) is 59.1 Å². The first-order valence-corrected chi connectivity index (χ1v) is 6.11. The molecule has 2 N–H and O–H groups in total. The average molecular weight is 236 g/mol. The molecule has 0 radical (unpaired) electrons. The summed E-state index contributed by atoms with van der Waals surface area (Å²) in [7, 11) is 1.63. The maximum Gasteiger partial charge on any atom is 0.221 e. The summed E-state index contributed by atoms with van der Waals surface area (Å²) < 4.78 is 5.18. The second-order valence-corrected chi connectivity index (χ2v) is 4.43. The van der Waals surface area contributed by atoms with Crippen LogP contribution in [0.5, 0.6) is 5.88 Å². The van der Waals surface area contributed by atoms with Crippen molar-refractivity contribution in [2.45, 2.75) is 19.8 Å². The van der Waals surface area contributed by atoms with E-state index in [1.54, 1.807) is 7.11 Å². The number of ether oxygens (including phenoxy) is 1. The van der Waals surface area contributed by atoms with Crippen LogP contribution in [-0.4, -0.2) is 36.7 Å². The van der Waals surface area contributed by atoms with Gasteiger partial charge in [-0.1, -0.05) is 0 Å². The lowest BCUT2D eigenvalue weighted by molar-refractivity contribution is 0.387. The van der Waals surface area contributed by atoms with Crippen molar-refractivity contribution >= 4 is 5.82 Å². The Balaban J connectivity index is 1.93. The van der Waals surface area contributed by atoms with Gasteiger partial charge in [-0.25, -0.2) is 9.97 Å². The molecule has 0 aliphatic carbocycles. The Bertz CT molecular complexity index is 364. The van der Waals surface area contributed by atoms with Gasteiger partial charge in [-0.05, 0) is 38.8 Å². The summed E-state index contributed by atoms with van der Waals surface area (Å²) in [5, 5.41) is 6.77. The first-order valence-electron chi connectivity index (χ1n) is 6.11. The van der Waals surface area contributed by atoms with E-state index in [-0.39, 0.29) is 0 Å². The predicted molar refractivity (Wildman–Crippen MR) is 67.4 cm³/mol. The second kappa shape index (κ2) is 5.82. The number of rotatable bonds is 4. The molecule has 0 atom stereocenters. The normalized spacial score (nSPS) is 16.8. The van der Waals surface area contributed by atoms with Crippen LogP contribution in [0.2, 0.25) is 0 Å². The van der Waals surface area contributed by atoms with Gasteiger partial charge in [-0.3, -0.25) is 0 Å². The first-order chi connectivity index (χ1) is 8.31. The fourth-order valence-electron chi connectivity index (χ4n) is 2.14. The van der Waals surface area contributed by atoms with Crippen molar-refractivity contribution in [2.24, 2.45) is 5.92 Å². The summed E-state index contributed by atoms with van der Waals surface area (Å²) in [5.41, 5.74) is 0.976. The lowest BCUT2D eigenvalue weighted by Gasteiger charge is -2.23. The number of piperidine rings is 1. The van der Waals surface area contributed by atoms with Gasteiger partial charge in [0.15, 0.2) is 0 Å². The number of methoxy groups -OCH3 is 1. The number of anilines is 1. The molecule has 1 saturated heterocycles. The fraction of sp³-hybridized carbons (Fsp3) is 0.667. The largest absolute Gasteiger partial charge is 0.481 e. The van der Waals surface area contributed by atoms with Crippen LogP contribution in [0.15, 0.2) is 6.33 Å². The molecule has 2 heterocycles. The number of aromatic nitrogens is 2. The zero-order valence-corrected chi connectivity index (χ0v) is 10.5. The van der Waals surface area contributed by atoms with Crippen molar-refractivity contribution < 1.29 is 4.74 Å². The number of nitrogens with zero attached hydrogens (tertiary/aromatic N) is 2. The second-order valence-electron chi connectivity index (χ2n) is 4.43. The van der Waals surface area contributed by atoms with Crippen LogP contribution in [0.4, 0.5) is 5.82 Å². The molecule has 1 aromatic heterocycles. The molecule has 17 heavy (non-hydrogen) atoms. The van der Waals surface area contributed by atoms with E-state index in [9.17, 15) is 0 Å². The van der Waals surface area contributed by atoms with Gasteiger partial charge in [0.1, 0.15) is 12.1 Å². The number of hydrogen-bond acceptors (Lipinski definition) is 5. The molecule has 5 heteroatoms. The highest BCUT2D eigenvalue weighted by Gasteiger charge is 2.14. The van der Waals surface area contributed by atoms with Crippen LogP contribution in [0, 0.1) is 12.8 Å². The minimum atomic E-state index is 0.646. The third-order valence-electron chi connectivity index (χ3n) is 3.25. The van der Waals surface area contributed by atoms with Crippen LogP contribution in [0.1, 0.15) is 18.4 Å². The molecule has 5 nitrogen and oxygen atoms in total. The predicted octanol–water partition coefficient (Wildman–Crippen LogP) is 1.21. The summed E-state index contributed by atoms with van der Waals surface area (Å²) in [6, 6.07) is 0. The standard InChI is InChI=1S/C12H20N4O/c1-9-11(15-8-16-12(9)17-2)14-7-10-3-5-13-6-4-10/h8,10,13H,3-7H2,1-2H3,(H,14,15,16). The Morgan fingerprint density at radius 3 is 2.88 bits per heavy atom. The molecule has 2 rings (SSSR count). The lowest BCUT2D eigenvalue weighted by Crippen LogP contribution is -2.31. The molecule has 0 saturated carbocycles. The summed E-state index contributed by atoms with van der Waals surface area (Å²) in [6.45, 7) is 5.20. The Kier molecular flexibility index (Phi) is 4.14. The number of nitrogens with one attached hydrogen (secondary N) is 2. The maximum atomic E-state index is 5.18. The van der Waals surface area contributed by atoms with Crippen LogP contribution >= 0.6 is 0 Å². The minimum Gasteiger partial charge on any atom is -0.481 e. The lowest BCUT2D eigenvalue weighted by atomic mass is 9.98. The highest BCUT2D eigenvalue weighted by atomic mass is 16.5. The summed E-state index contributed by atoms with van der Waals surface area (Å²) >= 11 is 0. The summed E-state index contributed by atoms with van der Waals surface area (Å²) in [6.07, 6.45) is 4.00. The molecule has 1 aliphatic rings. The van der Waals surface area contributed by atoms with Crippen molar-refractivity contribution in [1.82, 2.24) is 15.3 Å². The van der Waals surface area contributed by atoms with Crippen molar-refractivity contribution in [3.8, 4) is 5.88 Å². The van der Waals surface area contributed by atoms with E-state index in [4.69, 9.17) is 4.74 Å². The Morgan fingerprint density at radius 1 is 1.41 bits per heavy atom. The molecule has 1 aromatic rings. The Hall–Kier alpha value is -1.36. The van der Waals surface area contributed by atoms with E-state index in [1.807, 2.05) is 6.92 Å². The molecule has 0 bridgehead atoms. The summed E-state index contributed by atoms with van der Waals surface area (Å²) in [5.74, 6) is 2.26. The molecule has 0 amide bonds. The van der Waals surface area contributed by atoms with Gasteiger partial charge in [-0.15, -0.1) is 0 Å². The van der Waals surface area contributed by atoms with Crippen molar-refractivity contribution in [3.05, 3.63) is 11.9 Å². The fourth-order valence-corrected chi connectivity index (χ4v) is 2.14. The molecule has 1 fully saturated rings. The molecule has 0 spiro atoms. The molecular formula is C12H20N4O. The van der Waals surface area contributed by atoms with Crippen LogP contribution in [0.3, 0.4) is 0 Å². The molecule has 0 aromatic carbocycles. The van der Waals surface area contributed by atoms with E-state index >= 15 is 0 Å². The van der Waals surface area contributed by atoms with Crippen LogP contribution < -0.4 is 15.4 Å². The smallest absolute Gasteiger partial charge is 0.221 e. The third kappa shape index (κ3) is 3.06. The minimum absolute atomic E-state index is 0.646. The zero-order chi connectivity index (χ0) is 12.1. The number of hydrogen-bond donors (Lipinski definition) is 2. The maximum absolute atomic E-state index is 5.18. The molecule has 1 aliphatic heterocycles. The van der Waals surface area contributed by atoms with Crippen molar-refractivity contribution in [3.63, 3.8) is 0 Å². The first kappa shape index (κ1) is 12.1. The van der Waals surface area contributed by atoms with E-state index in [0.717, 1.165) is 36.9 Å². The van der Waals surface area contributed by atoms with Crippen molar-refractivity contribution in [2.75, 3.05) is 32.1 Å². The third-order valence-corrected chi connectivity index (χ3v) is 3.25. The van der Waals surface area contributed by atoms with Crippen LogP contribution in [0.25, 0.3) is 0 Å². The molecule has 94 valence electrons. The summed E-state index contributed by atoms with van der Waals surface area (Å²) in [4.78, 5) is 8.32. The van der Waals surface area contributed by atoms with Crippen molar-refractivity contribution in [1.29, 1.82) is 0 Å². The van der Waals surface area contributed by atoms with E-state index in [1.165, 1.54) is 19.2 Å². The van der Waals surface area contributed by atoms with Gasteiger partial charge in [0.25, 0.3) is 0 Å². The Morgan fingerprint density at radius 2 is 2.18 bits per heavy atom. The quantitative estimate of drug-likeness (QED) is 0.822. The average Bonchev–Trinajstić information content (AvgIpc) is 2.39. The van der Waals surface area contributed by atoms with E-state index in [2.05, 4.69) is 20.6 Å². The monoisotopic (exact) mass is 236 g/mol. The van der Waals surface area contributed by atoms with Gasteiger partial charge >= 0.3 is 0 Å². The highest BCUT2D eigenvalue weighted by molar-refractivity contribution is 5.47. The van der Waals surface area contributed by atoms with Crippen LogP contribution in [-0.2, 0) is 0 Å². The molecule has 0 unspecified atom stereocenters. The highest BCUT2D eigenvalue weighted by Crippen LogP contribution is 2.21. The van der Waals surface area contributed by atoms with E-state index in [0.29, 0.717) is 5.88 Å².